The normalized spacial score (nSPS) is 10.8. The summed E-state index contributed by atoms with van der Waals surface area (Å²) in [7, 11) is 1.60. The first-order valence-corrected chi connectivity index (χ1v) is 9.63. The van der Waals surface area contributed by atoms with Crippen LogP contribution in [-0.2, 0) is 4.79 Å². The number of carbonyl (C=O) groups excluding carboxylic acids is 1. The molecular weight excluding hydrogens is 404 g/mol. The van der Waals surface area contributed by atoms with Gasteiger partial charge in [0.1, 0.15) is 17.0 Å². The molecule has 0 aliphatic heterocycles. The van der Waals surface area contributed by atoms with Crippen LogP contribution in [0.5, 0.6) is 11.5 Å². The summed E-state index contributed by atoms with van der Waals surface area (Å²) in [4.78, 5) is 16.9. The molecule has 1 amide bonds. The Labute approximate surface area is 178 Å². The molecule has 152 valence electrons. The fourth-order valence-corrected chi connectivity index (χ4v) is 3.04. The molecule has 0 atom stereocenters. The molecule has 7 heteroatoms. The number of carbonyl (C=O) groups is 1. The van der Waals surface area contributed by atoms with Gasteiger partial charge in [-0.15, -0.1) is 0 Å². The molecule has 30 heavy (non-hydrogen) atoms. The summed E-state index contributed by atoms with van der Waals surface area (Å²) in [6.07, 6.45) is 0. The zero-order chi connectivity index (χ0) is 21.1. The van der Waals surface area contributed by atoms with Gasteiger partial charge in [-0.05, 0) is 61.0 Å². The molecule has 3 aromatic carbocycles. The molecule has 1 aromatic heterocycles. The first-order chi connectivity index (χ1) is 14.5. The molecule has 0 unspecified atom stereocenters. The standard InChI is InChI=1S/C23H19ClN2O4/c1-14-3-4-15(23-26-20-12-18(28-2)9-10-21(20)30-23)11-19(14)25-22(27)13-29-17-7-5-16(24)6-8-17/h3-12H,13H2,1-2H3,(H,25,27). The number of anilines is 1. The van der Waals surface area contributed by atoms with Gasteiger partial charge >= 0.3 is 0 Å². The lowest BCUT2D eigenvalue weighted by Crippen LogP contribution is -2.20. The third kappa shape index (κ3) is 4.39. The van der Waals surface area contributed by atoms with Crippen molar-refractivity contribution >= 4 is 34.3 Å². The van der Waals surface area contributed by atoms with Crippen molar-refractivity contribution in [3.8, 4) is 23.0 Å². The lowest BCUT2D eigenvalue weighted by atomic mass is 10.1. The van der Waals surface area contributed by atoms with Crippen LogP contribution in [0.15, 0.2) is 65.1 Å². The Morgan fingerprint density at radius 3 is 2.60 bits per heavy atom. The zero-order valence-corrected chi connectivity index (χ0v) is 17.2. The van der Waals surface area contributed by atoms with Gasteiger partial charge < -0.3 is 19.2 Å². The summed E-state index contributed by atoms with van der Waals surface area (Å²) in [6.45, 7) is 1.80. The van der Waals surface area contributed by atoms with Crippen LogP contribution in [0.25, 0.3) is 22.6 Å². The monoisotopic (exact) mass is 422 g/mol. The summed E-state index contributed by atoms with van der Waals surface area (Å²) in [5.41, 5.74) is 3.69. The molecule has 0 spiro atoms. The van der Waals surface area contributed by atoms with Crippen molar-refractivity contribution in [1.29, 1.82) is 0 Å². The third-order valence-corrected chi connectivity index (χ3v) is 4.79. The number of aryl methyl sites for hydroxylation is 1. The van der Waals surface area contributed by atoms with Crippen LogP contribution in [0, 0.1) is 6.92 Å². The maximum atomic E-state index is 12.3. The number of benzene rings is 3. The number of fused-ring (bicyclic) bond motifs is 1. The lowest BCUT2D eigenvalue weighted by Gasteiger charge is -2.10. The van der Waals surface area contributed by atoms with E-state index in [-0.39, 0.29) is 12.5 Å². The fourth-order valence-electron chi connectivity index (χ4n) is 2.91. The van der Waals surface area contributed by atoms with E-state index in [1.807, 2.05) is 43.3 Å². The molecule has 0 aliphatic carbocycles. The number of methoxy groups -OCH3 is 1. The highest BCUT2D eigenvalue weighted by molar-refractivity contribution is 6.30. The van der Waals surface area contributed by atoms with Crippen molar-refractivity contribution in [2.75, 3.05) is 19.0 Å². The van der Waals surface area contributed by atoms with E-state index in [0.29, 0.717) is 39.2 Å². The molecule has 0 saturated heterocycles. The highest BCUT2D eigenvalue weighted by atomic mass is 35.5. The average molecular weight is 423 g/mol. The number of nitrogens with one attached hydrogen (secondary N) is 1. The topological polar surface area (TPSA) is 73.6 Å². The first kappa shape index (κ1) is 19.8. The van der Waals surface area contributed by atoms with Crippen LogP contribution in [0.3, 0.4) is 0 Å². The molecule has 4 aromatic rings. The van der Waals surface area contributed by atoms with Gasteiger partial charge in [-0.1, -0.05) is 17.7 Å². The average Bonchev–Trinajstić information content (AvgIpc) is 3.18. The number of aromatic nitrogens is 1. The summed E-state index contributed by atoms with van der Waals surface area (Å²) >= 11 is 5.85. The fraction of sp³-hybridized carbons (Fsp3) is 0.130. The van der Waals surface area contributed by atoms with E-state index < -0.39 is 0 Å². The van der Waals surface area contributed by atoms with Gasteiger partial charge in [0.15, 0.2) is 12.2 Å². The number of nitrogens with zero attached hydrogens (tertiary/aromatic N) is 1. The molecule has 1 N–H and O–H groups in total. The van der Waals surface area contributed by atoms with Gasteiger partial charge in [0.2, 0.25) is 5.89 Å². The maximum absolute atomic E-state index is 12.3. The number of amides is 1. The highest BCUT2D eigenvalue weighted by Gasteiger charge is 2.12. The first-order valence-electron chi connectivity index (χ1n) is 9.25. The van der Waals surface area contributed by atoms with Gasteiger partial charge in [-0.25, -0.2) is 4.98 Å². The second kappa shape index (κ2) is 8.47. The quantitative estimate of drug-likeness (QED) is 0.445. The number of oxazole rings is 1. The maximum Gasteiger partial charge on any atom is 0.262 e. The zero-order valence-electron chi connectivity index (χ0n) is 16.4. The summed E-state index contributed by atoms with van der Waals surface area (Å²) in [5, 5.41) is 3.48. The summed E-state index contributed by atoms with van der Waals surface area (Å²) in [6, 6.07) is 17.9. The van der Waals surface area contributed by atoms with Crippen molar-refractivity contribution in [2.24, 2.45) is 0 Å². The van der Waals surface area contributed by atoms with E-state index in [1.54, 1.807) is 31.4 Å². The van der Waals surface area contributed by atoms with E-state index in [2.05, 4.69) is 10.3 Å². The van der Waals surface area contributed by atoms with Crippen LogP contribution in [0.4, 0.5) is 5.69 Å². The van der Waals surface area contributed by atoms with Gasteiger partial charge in [0, 0.05) is 22.3 Å². The van der Waals surface area contributed by atoms with Gasteiger partial charge in [-0.3, -0.25) is 4.79 Å². The van der Waals surface area contributed by atoms with Gasteiger partial charge in [0.25, 0.3) is 5.91 Å². The van der Waals surface area contributed by atoms with Crippen LogP contribution < -0.4 is 14.8 Å². The Balaban J connectivity index is 1.50. The second-order valence-corrected chi connectivity index (χ2v) is 7.11. The molecule has 1 heterocycles. The summed E-state index contributed by atoms with van der Waals surface area (Å²) in [5.74, 6) is 1.47. The number of ether oxygens (including phenoxy) is 2. The molecular formula is C23H19ClN2O4. The Morgan fingerprint density at radius 1 is 1.07 bits per heavy atom. The van der Waals surface area contributed by atoms with Crippen LogP contribution in [-0.4, -0.2) is 24.6 Å². The Morgan fingerprint density at radius 2 is 1.83 bits per heavy atom. The number of hydrogen-bond donors (Lipinski definition) is 1. The number of hydrogen-bond acceptors (Lipinski definition) is 5. The van der Waals surface area contributed by atoms with Crippen LogP contribution in [0.1, 0.15) is 5.56 Å². The van der Waals surface area contributed by atoms with Gasteiger partial charge in [-0.2, -0.15) is 0 Å². The van der Waals surface area contributed by atoms with Crippen molar-refractivity contribution < 1.29 is 18.7 Å². The Hall–Kier alpha value is -3.51. The molecule has 0 saturated carbocycles. The van der Waals surface area contributed by atoms with E-state index in [0.717, 1.165) is 11.1 Å². The van der Waals surface area contributed by atoms with E-state index >= 15 is 0 Å². The SMILES string of the molecule is COc1ccc2oc(-c3ccc(C)c(NC(=O)COc4ccc(Cl)cc4)c3)nc2c1. The third-order valence-electron chi connectivity index (χ3n) is 4.54. The molecule has 0 radical (unpaired) electrons. The van der Waals surface area contributed by atoms with Crippen molar-refractivity contribution in [2.45, 2.75) is 6.92 Å². The number of halogens is 1. The molecule has 0 aliphatic rings. The Kier molecular flexibility index (Phi) is 5.59. The highest BCUT2D eigenvalue weighted by Crippen LogP contribution is 2.29. The summed E-state index contributed by atoms with van der Waals surface area (Å²) < 4.78 is 16.6. The Bertz CT molecular complexity index is 1200. The van der Waals surface area contributed by atoms with Crippen LogP contribution >= 0.6 is 11.6 Å². The minimum atomic E-state index is -0.271. The minimum Gasteiger partial charge on any atom is -0.497 e. The van der Waals surface area contributed by atoms with E-state index in [4.69, 9.17) is 25.5 Å². The smallest absolute Gasteiger partial charge is 0.262 e. The minimum absolute atomic E-state index is 0.117. The largest absolute Gasteiger partial charge is 0.497 e. The number of rotatable bonds is 6. The molecule has 6 nitrogen and oxygen atoms in total. The van der Waals surface area contributed by atoms with Crippen molar-refractivity contribution in [3.05, 3.63) is 71.2 Å². The second-order valence-electron chi connectivity index (χ2n) is 6.67. The van der Waals surface area contributed by atoms with Crippen molar-refractivity contribution in [1.82, 2.24) is 4.98 Å². The molecule has 0 fully saturated rings. The molecule has 4 rings (SSSR count). The van der Waals surface area contributed by atoms with Crippen LogP contribution in [0.2, 0.25) is 5.02 Å². The predicted molar refractivity (Wildman–Crippen MR) is 116 cm³/mol. The molecule has 0 bridgehead atoms. The van der Waals surface area contributed by atoms with Crippen molar-refractivity contribution in [3.63, 3.8) is 0 Å². The predicted octanol–water partition coefficient (Wildman–Crippen LogP) is 5.48. The van der Waals surface area contributed by atoms with E-state index in [9.17, 15) is 4.79 Å². The van der Waals surface area contributed by atoms with E-state index in [1.165, 1.54) is 0 Å². The van der Waals surface area contributed by atoms with Gasteiger partial charge in [0.05, 0.1) is 7.11 Å². The lowest BCUT2D eigenvalue weighted by molar-refractivity contribution is -0.118.